The van der Waals surface area contributed by atoms with Crippen LogP contribution in [-0.4, -0.2) is 15.0 Å². The molecule has 114 valence electrons. The zero-order valence-electron chi connectivity index (χ0n) is 11.8. The first-order valence-electron chi connectivity index (χ1n) is 6.31. The maximum Gasteiger partial charge on any atom is 0.242 e. The third-order valence-corrected chi connectivity index (χ3v) is 6.36. The SMILES string of the molecule is CC(C)(CNS(=O)(=O)c1ccc(Br)cc1N)c1cccs1. The molecule has 0 saturated carbocycles. The normalized spacial score (nSPS) is 12.5. The Bertz CT molecular complexity index is 725. The second kappa shape index (κ2) is 6.08. The van der Waals surface area contributed by atoms with Gasteiger partial charge in [-0.25, -0.2) is 13.1 Å². The van der Waals surface area contributed by atoms with Crippen molar-refractivity contribution in [3.05, 3.63) is 45.1 Å². The van der Waals surface area contributed by atoms with Gasteiger partial charge in [-0.2, -0.15) is 0 Å². The lowest BCUT2D eigenvalue weighted by molar-refractivity contribution is 0.509. The van der Waals surface area contributed by atoms with Crippen molar-refractivity contribution in [2.45, 2.75) is 24.2 Å². The Labute approximate surface area is 137 Å². The number of benzene rings is 1. The fourth-order valence-electron chi connectivity index (χ4n) is 1.87. The number of sulfonamides is 1. The summed E-state index contributed by atoms with van der Waals surface area (Å²) in [6.07, 6.45) is 0. The molecular weight excluding hydrogens is 372 g/mol. The lowest BCUT2D eigenvalue weighted by atomic mass is 9.92. The first kappa shape index (κ1) is 16.5. The van der Waals surface area contributed by atoms with Gasteiger partial charge in [0.1, 0.15) is 4.90 Å². The van der Waals surface area contributed by atoms with E-state index in [1.165, 1.54) is 6.07 Å². The molecule has 0 aliphatic rings. The van der Waals surface area contributed by atoms with Crippen molar-refractivity contribution in [1.29, 1.82) is 0 Å². The quantitative estimate of drug-likeness (QED) is 0.771. The van der Waals surface area contributed by atoms with E-state index in [1.54, 1.807) is 23.5 Å². The summed E-state index contributed by atoms with van der Waals surface area (Å²) >= 11 is 4.88. The van der Waals surface area contributed by atoms with Gasteiger partial charge >= 0.3 is 0 Å². The highest BCUT2D eigenvalue weighted by Gasteiger charge is 2.26. The minimum atomic E-state index is -3.62. The van der Waals surface area contributed by atoms with Crippen LogP contribution in [0, 0.1) is 0 Å². The first-order chi connectivity index (χ1) is 9.72. The van der Waals surface area contributed by atoms with E-state index in [-0.39, 0.29) is 16.0 Å². The van der Waals surface area contributed by atoms with Crippen LogP contribution in [-0.2, 0) is 15.4 Å². The van der Waals surface area contributed by atoms with Crippen LogP contribution in [0.1, 0.15) is 18.7 Å². The molecule has 0 amide bonds. The molecule has 2 aromatic rings. The summed E-state index contributed by atoms with van der Waals surface area (Å²) in [6.45, 7) is 4.32. The summed E-state index contributed by atoms with van der Waals surface area (Å²) in [6, 6.07) is 8.71. The van der Waals surface area contributed by atoms with Gasteiger partial charge in [-0.1, -0.05) is 35.8 Å². The van der Waals surface area contributed by atoms with Crippen molar-refractivity contribution in [1.82, 2.24) is 4.72 Å². The average Bonchev–Trinajstić information content (AvgIpc) is 2.91. The minimum Gasteiger partial charge on any atom is -0.398 e. The van der Waals surface area contributed by atoms with E-state index in [4.69, 9.17) is 5.73 Å². The Kier molecular flexibility index (Phi) is 4.77. The molecule has 0 fully saturated rings. The molecule has 3 N–H and O–H groups in total. The lowest BCUT2D eigenvalue weighted by Gasteiger charge is -2.23. The van der Waals surface area contributed by atoms with Crippen LogP contribution in [0.5, 0.6) is 0 Å². The van der Waals surface area contributed by atoms with E-state index in [1.807, 2.05) is 31.4 Å². The smallest absolute Gasteiger partial charge is 0.242 e. The predicted molar refractivity (Wildman–Crippen MR) is 91.1 cm³/mol. The molecular formula is C14H17BrN2O2S2. The number of anilines is 1. The van der Waals surface area contributed by atoms with E-state index in [0.29, 0.717) is 6.54 Å². The number of thiophene rings is 1. The van der Waals surface area contributed by atoms with E-state index in [2.05, 4.69) is 20.7 Å². The highest BCUT2D eigenvalue weighted by molar-refractivity contribution is 9.10. The van der Waals surface area contributed by atoms with Crippen molar-refractivity contribution < 1.29 is 8.42 Å². The molecule has 21 heavy (non-hydrogen) atoms. The summed E-state index contributed by atoms with van der Waals surface area (Å²) < 4.78 is 28.2. The number of hydrogen-bond acceptors (Lipinski definition) is 4. The average molecular weight is 389 g/mol. The van der Waals surface area contributed by atoms with Crippen LogP contribution < -0.4 is 10.5 Å². The lowest BCUT2D eigenvalue weighted by Crippen LogP contribution is -2.36. The molecule has 2 rings (SSSR count). The van der Waals surface area contributed by atoms with Crippen LogP contribution in [0.3, 0.4) is 0 Å². The maximum atomic E-state index is 12.4. The molecule has 0 aliphatic heterocycles. The molecule has 7 heteroatoms. The largest absolute Gasteiger partial charge is 0.398 e. The van der Waals surface area contributed by atoms with Crippen LogP contribution in [0.25, 0.3) is 0 Å². The van der Waals surface area contributed by atoms with Gasteiger partial charge in [-0.15, -0.1) is 11.3 Å². The van der Waals surface area contributed by atoms with Gasteiger partial charge in [0.15, 0.2) is 0 Å². The molecule has 4 nitrogen and oxygen atoms in total. The van der Waals surface area contributed by atoms with E-state index < -0.39 is 10.0 Å². The molecule has 0 spiro atoms. The Morgan fingerprint density at radius 3 is 2.62 bits per heavy atom. The van der Waals surface area contributed by atoms with Crippen molar-refractivity contribution in [3.8, 4) is 0 Å². The number of nitrogens with one attached hydrogen (secondary N) is 1. The highest BCUT2D eigenvalue weighted by atomic mass is 79.9. The van der Waals surface area contributed by atoms with Crippen molar-refractivity contribution >= 4 is 43.0 Å². The minimum absolute atomic E-state index is 0.104. The van der Waals surface area contributed by atoms with Crippen LogP contribution in [0.2, 0.25) is 0 Å². The molecule has 1 aromatic heterocycles. The van der Waals surface area contributed by atoms with Crippen molar-refractivity contribution in [2.24, 2.45) is 0 Å². The molecule has 0 saturated heterocycles. The van der Waals surface area contributed by atoms with Crippen LogP contribution in [0.4, 0.5) is 5.69 Å². The third kappa shape index (κ3) is 3.85. The Hall–Kier alpha value is -0.890. The summed E-state index contributed by atoms with van der Waals surface area (Å²) in [5.41, 5.74) is 5.75. The van der Waals surface area contributed by atoms with E-state index in [0.717, 1.165) is 9.35 Å². The van der Waals surface area contributed by atoms with E-state index >= 15 is 0 Å². The molecule has 0 unspecified atom stereocenters. The molecule has 0 atom stereocenters. The van der Waals surface area contributed by atoms with Gasteiger partial charge in [-0.05, 0) is 29.6 Å². The van der Waals surface area contributed by atoms with Crippen molar-refractivity contribution in [3.63, 3.8) is 0 Å². The molecule has 1 aromatic carbocycles. The monoisotopic (exact) mass is 388 g/mol. The molecule has 1 heterocycles. The van der Waals surface area contributed by atoms with Gasteiger partial charge in [0.05, 0.1) is 5.69 Å². The second-order valence-corrected chi connectivity index (χ2v) is 8.97. The number of halogens is 1. The predicted octanol–water partition coefficient (Wildman–Crippen LogP) is 3.35. The summed E-state index contributed by atoms with van der Waals surface area (Å²) in [5.74, 6) is 0. The van der Waals surface area contributed by atoms with Gasteiger partial charge in [-0.3, -0.25) is 0 Å². The van der Waals surface area contributed by atoms with Gasteiger partial charge in [0.25, 0.3) is 0 Å². The fraction of sp³-hybridized carbons (Fsp3) is 0.286. The van der Waals surface area contributed by atoms with Crippen LogP contribution >= 0.6 is 27.3 Å². The Balaban J connectivity index is 2.19. The maximum absolute atomic E-state index is 12.4. The number of rotatable bonds is 5. The van der Waals surface area contributed by atoms with Crippen molar-refractivity contribution in [2.75, 3.05) is 12.3 Å². The standard InChI is InChI=1S/C14H17BrN2O2S2/c1-14(2,13-4-3-7-20-13)9-17-21(18,19)12-6-5-10(15)8-11(12)16/h3-8,17H,9,16H2,1-2H3. The zero-order chi connectivity index (χ0) is 15.7. The Morgan fingerprint density at radius 1 is 1.33 bits per heavy atom. The summed E-state index contributed by atoms with van der Waals surface area (Å²) in [5, 5.41) is 1.98. The third-order valence-electron chi connectivity index (χ3n) is 3.15. The first-order valence-corrected chi connectivity index (χ1v) is 9.47. The van der Waals surface area contributed by atoms with Crippen LogP contribution in [0.15, 0.2) is 45.1 Å². The molecule has 0 aliphatic carbocycles. The topological polar surface area (TPSA) is 72.2 Å². The Morgan fingerprint density at radius 2 is 2.05 bits per heavy atom. The summed E-state index contributed by atoms with van der Waals surface area (Å²) in [4.78, 5) is 1.24. The molecule has 0 bridgehead atoms. The van der Waals surface area contributed by atoms with Gasteiger partial charge in [0, 0.05) is 21.3 Å². The zero-order valence-corrected chi connectivity index (χ0v) is 15.0. The summed E-state index contributed by atoms with van der Waals surface area (Å²) in [7, 11) is -3.62. The number of hydrogen-bond donors (Lipinski definition) is 2. The van der Waals surface area contributed by atoms with Gasteiger partial charge in [0.2, 0.25) is 10.0 Å². The number of nitrogen functional groups attached to an aromatic ring is 1. The fourth-order valence-corrected chi connectivity index (χ4v) is 4.42. The highest BCUT2D eigenvalue weighted by Crippen LogP contribution is 2.28. The van der Waals surface area contributed by atoms with E-state index in [9.17, 15) is 8.42 Å². The van der Waals surface area contributed by atoms with Gasteiger partial charge < -0.3 is 5.73 Å². The molecule has 0 radical (unpaired) electrons. The second-order valence-electron chi connectivity index (χ2n) is 5.37. The number of nitrogens with two attached hydrogens (primary N) is 1.